The Morgan fingerprint density at radius 2 is 1.80 bits per heavy atom. The lowest BCUT2D eigenvalue weighted by Crippen LogP contribution is -2.25. The average molecular weight is 492 g/mol. The molecule has 4 aromatic rings. The van der Waals surface area contributed by atoms with Crippen LogP contribution in [0.15, 0.2) is 65.2 Å². The van der Waals surface area contributed by atoms with Gasteiger partial charge in [0.1, 0.15) is 18.1 Å². The van der Waals surface area contributed by atoms with Crippen molar-refractivity contribution in [1.82, 2.24) is 5.16 Å². The van der Waals surface area contributed by atoms with E-state index in [0.717, 1.165) is 22.0 Å². The molecule has 9 heteroatoms. The number of sulfonamides is 1. The van der Waals surface area contributed by atoms with E-state index in [-0.39, 0.29) is 18.3 Å². The number of fused-ring (bicyclic) bond motifs is 1. The number of hydrogen-bond acceptors (Lipinski definition) is 6. The second-order valence-corrected chi connectivity index (χ2v) is 10.5. The SMILES string of the molecule is Cc1noc(C)c1COc1cc2ccccc2cc1C(=O)Nc1ccc(N2CCCS2(=O)=O)cc1. The molecule has 0 saturated carbocycles. The monoisotopic (exact) mass is 491 g/mol. The third kappa shape index (κ3) is 4.59. The van der Waals surface area contributed by atoms with Gasteiger partial charge in [-0.1, -0.05) is 29.4 Å². The quantitative estimate of drug-likeness (QED) is 0.415. The molecule has 1 aliphatic rings. The summed E-state index contributed by atoms with van der Waals surface area (Å²) in [5, 5.41) is 8.73. The minimum atomic E-state index is -3.26. The molecule has 0 bridgehead atoms. The van der Waals surface area contributed by atoms with Gasteiger partial charge in [-0.15, -0.1) is 0 Å². The van der Waals surface area contributed by atoms with Crippen LogP contribution in [0.1, 0.15) is 33.8 Å². The van der Waals surface area contributed by atoms with Gasteiger partial charge in [-0.3, -0.25) is 9.10 Å². The Kier molecular flexibility index (Phi) is 5.94. The molecule has 2 heterocycles. The van der Waals surface area contributed by atoms with Crippen molar-refractivity contribution < 1.29 is 22.5 Å². The molecule has 8 nitrogen and oxygen atoms in total. The van der Waals surface area contributed by atoms with Gasteiger partial charge in [0.25, 0.3) is 5.91 Å². The van der Waals surface area contributed by atoms with Crippen LogP contribution < -0.4 is 14.4 Å². The van der Waals surface area contributed by atoms with Crippen LogP contribution >= 0.6 is 0 Å². The van der Waals surface area contributed by atoms with Crippen LogP contribution in [0.3, 0.4) is 0 Å². The van der Waals surface area contributed by atoms with Gasteiger partial charge < -0.3 is 14.6 Å². The van der Waals surface area contributed by atoms with E-state index in [2.05, 4.69) is 10.5 Å². The van der Waals surface area contributed by atoms with E-state index in [1.165, 1.54) is 4.31 Å². The summed E-state index contributed by atoms with van der Waals surface area (Å²) in [5.41, 5.74) is 3.13. The molecule has 0 atom stereocenters. The zero-order chi connectivity index (χ0) is 24.6. The van der Waals surface area contributed by atoms with Crippen molar-refractivity contribution >= 4 is 38.1 Å². The predicted molar refractivity (Wildman–Crippen MR) is 134 cm³/mol. The Hall–Kier alpha value is -3.85. The maximum atomic E-state index is 13.3. The van der Waals surface area contributed by atoms with Crippen molar-refractivity contribution in [3.63, 3.8) is 0 Å². The van der Waals surface area contributed by atoms with Gasteiger partial charge in [0.15, 0.2) is 0 Å². The molecule has 0 radical (unpaired) electrons. The highest BCUT2D eigenvalue weighted by Crippen LogP contribution is 2.30. The first kappa shape index (κ1) is 22.9. The van der Waals surface area contributed by atoms with Crippen LogP contribution in [0, 0.1) is 13.8 Å². The molecule has 35 heavy (non-hydrogen) atoms. The highest BCUT2D eigenvalue weighted by atomic mass is 32.2. The van der Waals surface area contributed by atoms with Gasteiger partial charge in [0, 0.05) is 12.2 Å². The normalized spacial score (nSPS) is 14.9. The molecule has 5 rings (SSSR count). The maximum absolute atomic E-state index is 13.3. The molecule has 0 spiro atoms. The van der Waals surface area contributed by atoms with Crippen molar-refractivity contribution in [1.29, 1.82) is 0 Å². The highest BCUT2D eigenvalue weighted by Gasteiger charge is 2.28. The van der Waals surface area contributed by atoms with E-state index >= 15 is 0 Å². The summed E-state index contributed by atoms with van der Waals surface area (Å²) >= 11 is 0. The van der Waals surface area contributed by atoms with E-state index in [1.807, 2.05) is 44.2 Å². The van der Waals surface area contributed by atoms with E-state index in [4.69, 9.17) is 9.26 Å². The summed E-state index contributed by atoms with van der Waals surface area (Å²) in [6, 6.07) is 18.2. The average Bonchev–Trinajstić information content (AvgIpc) is 3.37. The zero-order valence-electron chi connectivity index (χ0n) is 19.4. The van der Waals surface area contributed by atoms with Crippen LogP contribution in [0.25, 0.3) is 10.8 Å². The van der Waals surface area contributed by atoms with Crippen molar-refractivity contribution in [3.05, 3.63) is 83.2 Å². The number of hydrogen-bond donors (Lipinski definition) is 1. The van der Waals surface area contributed by atoms with Crippen molar-refractivity contribution in [2.24, 2.45) is 0 Å². The molecular formula is C26H25N3O5S. The summed E-state index contributed by atoms with van der Waals surface area (Å²) < 4.78 is 37.1. The lowest BCUT2D eigenvalue weighted by Gasteiger charge is -2.17. The first-order valence-electron chi connectivity index (χ1n) is 11.3. The van der Waals surface area contributed by atoms with Crippen LogP contribution in [-0.2, 0) is 16.6 Å². The van der Waals surface area contributed by atoms with Gasteiger partial charge in [0.05, 0.1) is 28.3 Å². The fourth-order valence-electron chi connectivity index (χ4n) is 4.21. The second-order valence-electron chi connectivity index (χ2n) is 8.53. The first-order chi connectivity index (χ1) is 16.8. The van der Waals surface area contributed by atoms with Crippen molar-refractivity contribution in [2.45, 2.75) is 26.9 Å². The van der Waals surface area contributed by atoms with Crippen LogP contribution in [0.5, 0.6) is 5.75 Å². The van der Waals surface area contributed by atoms with Crippen molar-refractivity contribution in [3.8, 4) is 5.75 Å². The number of rotatable bonds is 6. The number of aromatic nitrogens is 1. The fraction of sp³-hybridized carbons (Fsp3) is 0.231. The molecule has 1 aromatic heterocycles. The van der Waals surface area contributed by atoms with Crippen molar-refractivity contribution in [2.75, 3.05) is 21.9 Å². The minimum absolute atomic E-state index is 0.157. The topological polar surface area (TPSA) is 102 Å². The zero-order valence-corrected chi connectivity index (χ0v) is 20.3. The third-order valence-corrected chi connectivity index (χ3v) is 8.03. The number of nitrogens with one attached hydrogen (secondary N) is 1. The standard InChI is InChI=1S/C26H25N3O5S/c1-17-24(18(2)34-28-17)16-33-25-15-20-7-4-3-6-19(20)14-23(25)26(30)27-21-8-10-22(11-9-21)29-12-5-13-35(29,31)32/h3-4,6-11,14-15H,5,12-13,16H2,1-2H3,(H,27,30). The molecular weight excluding hydrogens is 466 g/mol. The number of anilines is 2. The number of ether oxygens (including phenoxy) is 1. The van der Waals surface area contributed by atoms with E-state index < -0.39 is 10.0 Å². The number of carbonyl (C=O) groups excluding carboxylic acids is 1. The van der Waals surface area contributed by atoms with Gasteiger partial charge in [0.2, 0.25) is 10.0 Å². The summed E-state index contributed by atoms with van der Waals surface area (Å²) in [7, 11) is -3.26. The minimum Gasteiger partial charge on any atom is -0.488 e. The van der Waals surface area contributed by atoms with Gasteiger partial charge in [-0.25, -0.2) is 8.42 Å². The van der Waals surface area contributed by atoms with E-state index in [0.29, 0.717) is 41.4 Å². The predicted octanol–water partition coefficient (Wildman–Crippen LogP) is 4.82. The number of nitrogens with zero attached hydrogens (tertiary/aromatic N) is 2. The van der Waals surface area contributed by atoms with Gasteiger partial charge >= 0.3 is 0 Å². The van der Waals surface area contributed by atoms with Gasteiger partial charge in [-0.05, 0) is 67.4 Å². The molecule has 1 fully saturated rings. The van der Waals surface area contributed by atoms with Crippen LogP contribution in [0.2, 0.25) is 0 Å². The molecule has 1 N–H and O–H groups in total. The first-order valence-corrected chi connectivity index (χ1v) is 12.9. The third-order valence-electron chi connectivity index (χ3n) is 6.16. The van der Waals surface area contributed by atoms with Crippen LogP contribution in [-0.4, -0.2) is 31.8 Å². The lowest BCUT2D eigenvalue weighted by molar-refractivity contribution is 0.102. The maximum Gasteiger partial charge on any atom is 0.259 e. The number of amides is 1. The highest BCUT2D eigenvalue weighted by molar-refractivity contribution is 7.93. The second kappa shape index (κ2) is 9.07. The summed E-state index contributed by atoms with van der Waals surface area (Å²) in [4.78, 5) is 13.3. The largest absolute Gasteiger partial charge is 0.488 e. The molecule has 3 aromatic carbocycles. The molecule has 1 aliphatic heterocycles. The van der Waals surface area contributed by atoms with E-state index in [9.17, 15) is 13.2 Å². The smallest absolute Gasteiger partial charge is 0.259 e. The summed E-state index contributed by atoms with van der Waals surface area (Å²) in [5.74, 6) is 0.950. The van der Waals surface area contributed by atoms with Gasteiger partial charge in [-0.2, -0.15) is 0 Å². The Morgan fingerprint density at radius 1 is 1.09 bits per heavy atom. The fourth-order valence-corrected chi connectivity index (χ4v) is 5.78. The molecule has 180 valence electrons. The molecule has 0 unspecified atom stereocenters. The Labute approximate surface area is 203 Å². The molecule has 0 aliphatic carbocycles. The Balaban J connectivity index is 1.41. The summed E-state index contributed by atoms with van der Waals surface area (Å²) in [6.07, 6.45) is 0.611. The Morgan fingerprint density at radius 3 is 2.43 bits per heavy atom. The van der Waals surface area contributed by atoms with E-state index in [1.54, 1.807) is 30.3 Å². The van der Waals surface area contributed by atoms with Crippen LogP contribution in [0.4, 0.5) is 11.4 Å². The number of carbonyl (C=O) groups is 1. The lowest BCUT2D eigenvalue weighted by atomic mass is 10.0. The number of aryl methyl sites for hydroxylation is 2. The molecule has 1 saturated heterocycles. The number of benzene rings is 3. The molecule has 1 amide bonds. The summed E-state index contributed by atoms with van der Waals surface area (Å²) in [6.45, 7) is 4.36. The Bertz CT molecular complexity index is 1490.